The number of imide groups is 1. The first-order chi connectivity index (χ1) is 9.80. The van der Waals surface area contributed by atoms with Crippen LogP contribution in [0, 0.1) is 11.8 Å². The van der Waals surface area contributed by atoms with Crippen LogP contribution in [0.1, 0.15) is 24.8 Å². The van der Waals surface area contributed by atoms with Gasteiger partial charge in [-0.2, -0.15) is 13.2 Å². The van der Waals surface area contributed by atoms with Gasteiger partial charge < -0.3 is 0 Å². The lowest BCUT2D eigenvalue weighted by Crippen LogP contribution is -2.32. The van der Waals surface area contributed by atoms with Crippen molar-refractivity contribution in [1.82, 2.24) is 0 Å². The zero-order valence-corrected chi connectivity index (χ0v) is 12.4. The summed E-state index contributed by atoms with van der Waals surface area (Å²) in [6.07, 6.45) is -2.45. The molecule has 1 saturated heterocycles. The van der Waals surface area contributed by atoms with E-state index in [2.05, 4.69) is 15.9 Å². The number of carbonyl (C=O) groups is 2. The zero-order valence-electron chi connectivity index (χ0n) is 10.8. The van der Waals surface area contributed by atoms with E-state index in [1.807, 2.05) is 0 Å². The number of rotatable bonds is 1. The fraction of sp³-hybridized carbons (Fsp3) is 0.429. The number of hydrogen-bond donors (Lipinski definition) is 0. The highest BCUT2D eigenvalue weighted by molar-refractivity contribution is 9.10. The largest absolute Gasteiger partial charge is 0.416 e. The quantitative estimate of drug-likeness (QED) is 0.714. The number of anilines is 1. The molecule has 1 aliphatic carbocycles. The van der Waals surface area contributed by atoms with Crippen molar-refractivity contribution in [1.29, 1.82) is 0 Å². The van der Waals surface area contributed by atoms with Crippen molar-refractivity contribution in [3.05, 3.63) is 28.2 Å². The molecular formula is C14H11BrF3NO2. The summed E-state index contributed by atoms with van der Waals surface area (Å²) in [6.45, 7) is 0. The molecule has 2 unspecified atom stereocenters. The van der Waals surface area contributed by atoms with Gasteiger partial charge >= 0.3 is 6.18 Å². The predicted molar refractivity (Wildman–Crippen MR) is 72.5 cm³/mol. The second-order valence-electron chi connectivity index (χ2n) is 5.32. The Morgan fingerprint density at radius 2 is 1.67 bits per heavy atom. The van der Waals surface area contributed by atoms with Crippen molar-refractivity contribution in [2.45, 2.75) is 25.4 Å². The summed E-state index contributed by atoms with van der Waals surface area (Å²) in [6, 6.07) is 2.98. The highest BCUT2D eigenvalue weighted by Crippen LogP contribution is 2.44. The maximum Gasteiger partial charge on any atom is 0.416 e. The second kappa shape index (κ2) is 4.83. The second-order valence-corrected chi connectivity index (χ2v) is 6.17. The van der Waals surface area contributed by atoms with E-state index in [-0.39, 0.29) is 29.3 Å². The van der Waals surface area contributed by atoms with E-state index >= 15 is 0 Å². The summed E-state index contributed by atoms with van der Waals surface area (Å²) in [5.41, 5.74) is -0.896. The van der Waals surface area contributed by atoms with Crippen molar-refractivity contribution < 1.29 is 22.8 Å². The number of benzene rings is 1. The van der Waals surface area contributed by atoms with Crippen molar-refractivity contribution in [3.63, 3.8) is 0 Å². The molecule has 1 saturated carbocycles. The van der Waals surface area contributed by atoms with Crippen molar-refractivity contribution in [3.8, 4) is 0 Å². The molecule has 1 heterocycles. The van der Waals surface area contributed by atoms with Gasteiger partial charge in [0.15, 0.2) is 0 Å². The van der Waals surface area contributed by atoms with Crippen molar-refractivity contribution in [2.24, 2.45) is 11.8 Å². The van der Waals surface area contributed by atoms with Crippen molar-refractivity contribution in [2.75, 3.05) is 4.90 Å². The van der Waals surface area contributed by atoms with Crippen LogP contribution in [0.5, 0.6) is 0 Å². The number of hydrogen-bond acceptors (Lipinski definition) is 2. The monoisotopic (exact) mass is 361 g/mol. The third-order valence-corrected chi connectivity index (χ3v) is 4.78. The van der Waals surface area contributed by atoms with Gasteiger partial charge in [-0.3, -0.25) is 9.59 Å². The van der Waals surface area contributed by atoms with Crippen LogP contribution in [0.15, 0.2) is 22.7 Å². The van der Waals surface area contributed by atoms with Gasteiger partial charge in [-0.25, -0.2) is 4.90 Å². The first-order valence-corrected chi connectivity index (χ1v) is 7.34. The molecule has 0 bridgehead atoms. The number of nitrogens with zero attached hydrogens (tertiary/aromatic N) is 1. The van der Waals surface area contributed by atoms with Crippen LogP contribution in [0.25, 0.3) is 0 Å². The Bertz CT molecular complexity index is 607. The molecule has 1 aromatic rings. The molecule has 3 nitrogen and oxygen atoms in total. The summed E-state index contributed by atoms with van der Waals surface area (Å²) in [4.78, 5) is 25.5. The van der Waals surface area contributed by atoms with E-state index in [4.69, 9.17) is 0 Å². The Labute approximate surface area is 127 Å². The number of carbonyl (C=O) groups excluding carboxylic acids is 2. The lowest BCUT2D eigenvalue weighted by Gasteiger charge is -2.19. The van der Waals surface area contributed by atoms with Crippen LogP contribution in [0.2, 0.25) is 0 Å². The third kappa shape index (κ3) is 2.27. The average Bonchev–Trinajstić information content (AvgIpc) is 2.95. The summed E-state index contributed by atoms with van der Waals surface area (Å²) in [7, 11) is 0. The Balaban J connectivity index is 2.04. The van der Waals surface area contributed by atoms with Crippen LogP contribution in [-0.4, -0.2) is 11.8 Å². The van der Waals surface area contributed by atoms with E-state index in [9.17, 15) is 22.8 Å². The Kier molecular flexibility index (Phi) is 3.35. The lowest BCUT2D eigenvalue weighted by atomic mass is 10.00. The number of alkyl halides is 3. The molecule has 2 fully saturated rings. The van der Waals surface area contributed by atoms with Gasteiger partial charge in [0, 0.05) is 4.47 Å². The topological polar surface area (TPSA) is 37.4 Å². The highest BCUT2D eigenvalue weighted by Gasteiger charge is 2.50. The molecule has 1 aromatic carbocycles. The summed E-state index contributed by atoms with van der Waals surface area (Å²) in [5, 5.41) is 0. The Hall–Kier alpha value is -1.37. The van der Waals surface area contributed by atoms with Gasteiger partial charge in [0.1, 0.15) is 0 Å². The zero-order chi connectivity index (χ0) is 15.4. The van der Waals surface area contributed by atoms with Crippen LogP contribution in [0.3, 0.4) is 0 Å². The van der Waals surface area contributed by atoms with Crippen LogP contribution < -0.4 is 4.90 Å². The molecule has 112 valence electrons. The van der Waals surface area contributed by atoms with Gasteiger partial charge in [0.05, 0.1) is 23.1 Å². The molecule has 3 rings (SSSR count). The van der Waals surface area contributed by atoms with E-state index in [1.54, 1.807) is 0 Å². The minimum atomic E-state index is -4.52. The van der Waals surface area contributed by atoms with E-state index < -0.39 is 11.7 Å². The molecule has 7 heteroatoms. The molecule has 2 aliphatic rings. The maximum atomic E-state index is 12.8. The molecular weight excluding hydrogens is 351 g/mol. The third-order valence-electron chi connectivity index (χ3n) is 4.11. The molecule has 0 aromatic heterocycles. The Morgan fingerprint density at radius 3 is 2.19 bits per heavy atom. The van der Waals surface area contributed by atoms with Crippen LogP contribution >= 0.6 is 15.9 Å². The standard InChI is InChI=1S/C14H11BrF3NO2/c15-10-5-4-7(14(16,17)18)6-11(10)19-12(20)8-2-1-3-9(8)13(19)21/h4-6,8-9H,1-3H2. The molecule has 1 aliphatic heterocycles. The summed E-state index contributed by atoms with van der Waals surface area (Å²) < 4.78 is 38.7. The minimum absolute atomic E-state index is 0.0192. The van der Waals surface area contributed by atoms with Crippen molar-refractivity contribution >= 4 is 33.4 Å². The average molecular weight is 362 g/mol. The molecule has 0 spiro atoms. The fourth-order valence-electron chi connectivity index (χ4n) is 3.09. The van der Waals surface area contributed by atoms with Gasteiger partial charge in [0.2, 0.25) is 11.8 Å². The van der Waals surface area contributed by atoms with E-state index in [1.165, 1.54) is 6.07 Å². The van der Waals surface area contributed by atoms with Gasteiger partial charge in [0.25, 0.3) is 0 Å². The van der Waals surface area contributed by atoms with E-state index in [0.29, 0.717) is 17.3 Å². The highest BCUT2D eigenvalue weighted by atomic mass is 79.9. The summed E-state index contributed by atoms with van der Waals surface area (Å²) in [5.74, 6) is -1.53. The first-order valence-electron chi connectivity index (χ1n) is 6.55. The Morgan fingerprint density at radius 1 is 1.10 bits per heavy atom. The fourth-order valence-corrected chi connectivity index (χ4v) is 3.51. The SMILES string of the molecule is O=C1C2CCCC2C(=O)N1c1cc(C(F)(F)F)ccc1Br. The summed E-state index contributed by atoms with van der Waals surface area (Å²) >= 11 is 3.13. The molecule has 2 amide bonds. The van der Waals surface area contributed by atoms with Gasteiger partial charge in [-0.05, 0) is 47.0 Å². The van der Waals surface area contributed by atoms with Crippen LogP contribution in [0.4, 0.5) is 18.9 Å². The maximum absolute atomic E-state index is 12.8. The first kappa shape index (κ1) is 14.6. The number of fused-ring (bicyclic) bond motifs is 1. The van der Waals surface area contributed by atoms with Crippen LogP contribution in [-0.2, 0) is 15.8 Å². The lowest BCUT2D eigenvalue weighted by molar-refractivity contribution is -0.137. The molecule has 0 N–H and O–H groups in total. The molecule has 21 heavy (non-hydrogen) atoms. The molecule has 0 radical (unpaired) electrons. The normalized spacial score (nSPS) is 25.6. The predicted octanol–water partition coefficient (Wildman–Crippen LogP) is 3.76. The smallest absolute Gasteiger partial charge is 0.274 e. The number of halogens is 4. The minimum Gasteiger partial charge on any atom is -0.274 e. The molecule has 2 atom stereocenters. The van der Waals surface area contributed by atoms with E-state index in [0.717, 1.165) is 23.5 Å². The number of amides is 2. The van der Waals surface area contributed by atoms with Gasteiger partial charge in [-0.1, -0.05) is 6.42 Å². The van der Waals surface area contributed by atoms with Gasteiger partial charge in [-0.15, -0.1) is 0 Å².